The van der Waals surface area contributed by atoms with Crippen LogP contribution in [0.4, 0.5) is 11.4 Å². The Balaban J connectivity index is 1.44. The van der Waals surface area contributed by atoms with E-state index in [0.717, 1.165) is 0 Å². The highest BCUT2D eigenvalue weighted by atomic mass is 16.5. The zero-order valence-electron chi connectivity index (χ0n) is 17.8. The summed E-state index contributed by atoms with van der Waals surface area (Å²) in [5.74, 6) is 1.69. The number of carbonyl (C=O) groups excluding carboxylic acids is 2. The number of benzene rings is 3. The lowest BCUT2D eigenvalue weighted by molar-refractivity contribution is -0.118. The van der Waals surface area contributed by atoms with Gasteiger partial charge in [0.25, 0.3) is 11.8 Å². The lowest BCUT2D eigenvalue weighted by Gasteiger charge is -2.11. The van der Waals surface area contributed by atoms with Gasteiger partial charge < -0.3 is 29.6 Å². The average Bonchev–Trinajstić information content (AvgIpc) is 2.83. The third-order valence-electron chi connectivity index (χ3n) is 4.29. The first-order chi connectivity index (χ1) is 15.6. The van der Waals surface area contributed by atoms with Crippen LogP contribution in [0.5, 0.6) is 23.0 Å². The van der Waals surface area contributed by atoms with Crippen LogP contribution >= 0.6 is 0 Å². The van der Waals surface area contributed by atoms with Crippen LogP contribution in [0.3, 0.4) is 0 Å². The van der Waals surface area contributed by atoms with Crippen LogP contribution in [0.1, 0.15) is 0 Å². The van der Waals surface area contributed by atoms with Crippen molar-refractivity contribution >= 4 is 23.2 Å². The summed E-state index contributed by atoms with van der Waals surface area (Å²) in [6.07, 6.45) is 0. The maximum atomic E-state index is 12.1. The average molecular weight is 436 g/mol. The van der Waals surface area contributed by atoms with Crippen molar-refractivity contribution in [2.75, 3.05) is 38.1 Å². The minimum atomic E-state index is -0.305. The van der Waals surface area contributed by atoms with Crippen molar-refractivity contribution < 1.29 is 28.5 Å². The van der Waals surface area contributed by atoms with Crippen LogP contribution in [-0.4, -0.2) is 39.2 Å². The Labute approximate surface area is 186 Å². The van der Waals surface area contributed by atoms with Crippen LogP contribution in [-0.2, 0) is 9.59 Å². The Hall–Kier alpha value is -4.20. The predicted molar refractivity (Wildman–Crippen MR) is 121 cm³/mol. The molecule has 0 bridgehead atoms. The smallest absolute Gasteiger partial charge is 0.262 e. The van der Waals surface area contributed by atoms with Crippen LogP contribution in [0.2, 0.25) is 0 Å². The van der Waals surface area contributed by atoms with E-state index in [-0.39, 0.29) is 25.0 Å². The Kier molecular flexibility index (Phi) is 7.91. The van der Waals surface area contributed by atoms with E-state index in [2.05, 4.69) is 10.6 Å². The molecule has 0 saturated carbocycles. The molecule has 0 saturated heterocycles. The minimum Gasteiger partial charge on any atom is -0.497 e. The van der Waals surface area contributed by atoms with E-state index in [1.54, 1.807) is 87.0 Å². The van der Waals surface area contributed by atoms with E-state index in [9.17, 15) is 9.59 Å². The van der Waals surface area contributed by atoms with E-state index < -0.39 is 0 Å². The molecule has 8 heteroatoms. The Morgan fingerprint density at radius 2 is 1.03 bits per heavy atom. The molecule has 0 radical (unpaired) electrons. The zero-order valence-corrected chi connectivity index (χ0v) is 17.8. The third-order valence-corrected chi connectivity index (χ3v) is 4.29. The number of amides is 2. The number of ether oxygens (including phenoxy) is 4. The topological polar surface area (TPSA) is 95.1 Å². The molecule has 2 N–H and O–H groups in total. The van der Waals surface area contributed by atoms with Crippen LogP contribution in [0, 0.1) is 0 Å². The molecule has 0 aliphatic rings. The van der Waals surface area contributed by atoms with Gasteiger partial charge in [0.1, 0.15) is 23.0 Å². The van der Waals surface area contributed by atoms with Gasteiger partial charge in [-0.15, -0.1) is 0 Å². The van der Waals surface area contributed by atoms with Gasteiger partial charge in [-0.3, -0.25) is 9.59 Å². The molecule has 0 heterocycles. The molecule has 0 aliphatic carbocycles. The molecule has 166 valence electrons. The van der Waals surface area contributed by atoms with Gasteiger partial charge in [-0.25, -0.2) is 0 Å². The number of rotatable bonds is 10. The van der Waals surface area contributed by atoms with Crippen molar-refractivity contribution in [1.29, 1.82) is 0 Å². The minimum absolute atomic E-state index is 0.173. The fraction of sp³-hybridized carbons (Fsp3) is 0.167. The Morgan fingerprint density at radius 3 is 1.41 bits per heavy atom. The summed E-state index contributed by atoms with van der Waals surface area (Å²) in [6, 6.07) is 20.7. The molecule has 0 aromatic heterocycles. The fourth-order valence-electron chi connectivity index (χ4n) is 2.69. The van der Waals surface area contributed by atoms with Crippen molar-refractivity contribution in [2.24, 2.45) is 0 Å². The maximum absolute atomic E-state index is 12.1. The molecule has 0 atom stereocenters. The van der Waals surface area contributed by atoms with Gasteiger partial charge in [0.15, 0.2) is 13.2 Å². The standard InChI is InChI=1S/C24H24N2O6/c1-29-19-10-6-17(7-11-19)25-23(27)15-31-21-4-3-5-22(14-21)32-16-24(28)26-18-8-12-20(30-2)13-9-18/h3-14H,15-16H2,1-2H3,(H,25,27)(H,26,28). The molecule has 32 heavy (non-hydrogen) atoms. The van der Waals surface area contributed by atoms with Crippen molar-refractivity contribution in [3.63, 3.8) is 0 Å². The van der Waals surface area contributed by atoms with Crippen molar-refractivity contribution in [1.82, 2.24) is 0 Å². The summed E-state index contributed by atoms with van der Waals surface area (Å²) in [6.45, 7) is -0.346. The van der Waals surface area contributed by atoms with E-state index in [0.29, 0.717) is 34.4 Å². The molecule has 0 fully saturated rings. The van der Waals surface area contributed by atoms with Gasteiger partial charge in [-0.1, -0.05) is 6.07 Å². The molecule has 8 nitrogen and oxygen atoms in total. The largest absolute Gasteiger partial charge is 0.497 e. The number of anilines is 2. The summed E-state index contributed by atoms with van der Waals surface area (Å²) >= 11 is 0. The quantitative estimate of drug-likeness (QED) is 0.503. The molecule has 0 spiro atoms. The van der Waals surface area contributed by atoms with Gasteiger partial charge in [-0.05, 0) is 60.7 Å². The summed E-state index contributed by atoms with van der Waals surface area (Å²) in [7, 11) is 3.15. The van der Waals surface area contributed by atoms with E-state index in [1.807, 2.05) is 0 Å². The Morgan fingerprint density at radius 1 is 0.625 bits per heavy atom. The second-order valence-corrected chi connectivity index (χ2v) is 6.61. The van der Waals surface area contributed by atoms with Crippen LogP contribution in [0.15, 0.2) is 72.8 Å². The SMILES string of the molecule is COc1ccc(NC(=O)COc2cccc(OCC(=O)Nc3ccc(OC)cc3)c2)cc1. The predicted octanol–water partition coefficient (Wildman–Crippen LogP) is 3.74. The molecule has 0 aliphatic heterocycles. The molecule has 2 amide bonds. The highest BCUT2D eigenvalue weighted by molar-refractivity contribution is 5.92. The summed E-state index contributed by atoms with van der Waals surface area (Å²) in [5.41, 5.74) is 1.28. The van der Waals surface area contributed by atoms with Crippen molar-refractivity contribution in [2.45, 2.75) is 0 Å². The number of hydrogen-bond acceptors (Lipinski definition) is 6. The number of carbonyl (C=O) groups is 2. The molecular formula is C24H24N2O6. The van der Waals surface area contributed by atoms with Gasteiger partial charge in [0, 0.05) is 17.4 Å². The summed E-state index contributed by atoms with van der Waals surface area (Å²) in [4.78, 5) is 24.2. The van der Waals surface area contributed by atoms with Crippen LogP contribution in [0.25, 0.3) is 0 Å². The monoisotopic (exact) mass is 436 g/mol. The lowest BCUT2D eigenvalue weighted by atomic mass is 10.3. The first-order valence-corrected chi connectivity index (χ1v) is 9.79. The highest BCUT2D eigenvalue weighted by Gasteiger charge is 2.07. The van der Waals surface area contributed by atoms with E-state index >= 15 is 0 Å². The summed E-state index contributed by atoms with van der Waals surface area (Å²) < 4.78 is 21.2. The van der Waals surface area contributed by atoms with E-state index in [1.165, 1.54) is 0 Å². The number of methoxy groups -OCH3 is 2. The second-order valence-electron chi connectivity index (χ2n) is 6.61. The Bertz CT molecular complexity index is 954. The highest BCUT2D eigenvalue weighted by Crippen LogP contribution is 2.20. The fourth-order valence-corrected chi connectivity index (χ4v) is 2.69. The zero-order chi connectivity index (χ0) is 22.8. The molecule has 3 aromatic carbocycles. The third kappa shape index (κ3) is 6.94. The van der Waals surface area contributed by atoms with E-state index in [4.69, 9.17) is 18.9 Å². The molecule has 0 unspecified atom stereocenters. The van der Waals surface area contributed by atoms with Crippen molar-refractivity contribution in [3.05, 3.63) is 72.8 Å². The number of hydrogen-bond donors (Lipinski definition) is 2. The van der Waals surface area contributed by atoms with Gasteiger partial charge >= 0.3 is 0 Å². The first kappa shape index (κ1) is 22.5. The maximum Gasteiger partial charge on any atom is 0.262 e. The van der Waals surface area contributed by atoms with Gasteiger partial charge in [0.2, 0.25) is 0 Å². The van der Waals surface area contributed by atoms with Crippen molar-refractivity contribution in [3.8, 4) is 23.0 Å². The first-order valence-electron chi connectivity index (χ1n) is 9.79. The van der Waals surface area contributed by atoms with Gasteiger partial charge in [-0.2, -0.15) is 0 Å². The second kappa shape index (κ2) is 11.3. The number of nitrogens with one attached hydrogen (secondary N) is 2. The van der Waals surface area contributed by atoms with Crippen LogP contribution < -0.4 is 29.6 Å². The molecule has 3 aromatic rings. The molecular weight excluding hydrogens is 412 g/mol. The molecule has 3 rings (SSSR count). The van der Waals surface area contributed by atoms with Gasteiger partial charge in [0.05, 0.1) is 14.2 Å². The normalized spacial score (nSPS) is 10.1. The lowest BCUT2D eigenvalue weighted by Crippen LogP contribution is -2.20. The summed E-state index contributed by atoms with van der Waals surface area (Å²) in [5, 5.41) is 5.47.